The summed E-state index contributed by atoms with van der Waals surface area (Å²) in [5, 5.41) is 10.6. The molecule has 0 aromatic carbocycles. The van der Waals surface area contributed by atoms with Crippen LogP contribution in [0, 0.1) is 0 Å². The molecule has 0 rings (SSSR count). The average Bonchev–Trinajstić information content (AvgIpc) is 1.05. The zero-order valence-electron chi connectivity index (χ0n) is 68.0. The number of aliphatic hydroxyl groups excluding tert-OH is 1. The number of unbranched alkanes of at least 4 members (excludes halogenated alkanes) is 60. The second-order valence-corrected chi connectivity index (χ2v) is 33.5. The van der Waals surface area contributed by atoms with Crippen LogP contribution in [-0.4, -0.2) is 96.7 Å². The molecule has 0 aliphatic rings. The normalized spacial score (nSPS) is 13.7. The summed E-state index contributed by atoms with van der Waals surface area (Å²) in [6.45, 7) is 5.00. The molecule has 0 spiro atoms. The summed E-state index contributed by atoms with van der Waals surface area (Å²) in [6, 6.07) is 0. The molecule has 0 aromatic heterocycles. The Kier molecular flexibility index (Phi) is 77.7. The largest absolute Gasteiger partial charge is 0.472 e. The van der Waals surface area contributed by atoms with E-state index < -0.39 is 97.5 Å². The van der Waals surface area contributed by atoms with Crippen molar-refractivity contribution in [2.45, 2.75) is 483 Å². The zero-order chi connectivity index (χ0) is 76.0. The van der Waals surface area contributed by atoms with E-state index >= 15 is 0 Å². The van der Waals surface area contributed by atoms with Gasteiger partial charge in [0.05, 0.1) is 26.4 Å². The van der Waals surface area contributed by atoms with E-state index in [2.05, 4.69) is 27.7 Å². The van der Waals surface area contributed by atoms with Gasteiger partial charge < -0.3 is 33.8 Å². The molecule has 0 saturated carbocycles. The number of hydrogen-bond acceptors (Lipinski definition) is 15. The minimum Gasteiger partial charge on any atom is -0.462 e. The lowest BCUT2D eigenvalue weighted by Gasteiger charge is -2.21. The van der Waals surface area contributed by atoms with Crippen LogP contribution < -0.4 is 0 Å². The van der Waals surface area contributed by atoms with E-state index in [1.807, 2.05) is 0 Å². The van der Waals surface area contributed by atoms with Crippen LogP contribution in [-0.2, 0) is 65.4 Å². The highest BCUT2D eigenvalue weighted by molar-refractivity contribution is 7.47. The maximum Gasteiger partial charge on any atom is 0.472 e. The van der Waals surface area contributed by atoms with Crippen molar-refractivity contribution in [1.29, 1.82) is 0 Å². The lowest BCUT2D eigenvalue weighted by molar-refractivity contribution is -0.161. The van der Waals surface area contributed by atoms with Crippen LogP contribution in [0.15, 0.2) is 0 Å². The van der Waals surface area contributed by atoms with Crippen molar-refractivity contribution in [3.05, 3.63) is 0 Å². The Morgan fingerprint density at radius 3 is 0.567 bits per heavy atom. The predicted octanol–water partition coefficient (Wildman–Crippen LogP) is 26.1. The molecule has 0 saturated heterocycles. The van der Waals surface area contributed by atoms with Crippen molar-refractivity contribution >= 4 is 39.5 Å². The van der Waals surface area contributed by atoms with Crippen molar-refractivity contribution in [2.75, 3.05) is 39.6 Å². The summed E-state index contributed by atoms with van der Waals surface area (Å²) in [4.78, 5) is 73.0. The van der Waals surface area contributed by atoms with Crippen molar-refractivity contribution < 1.29 is 80.2 Å². The van der Waals surface area contributed by atoms with Gasteiger partial charge in [-0.05, 0) is 25.7 Å². The lowest BCUT2D eigenvalue weighted by Crippen LogP contribution is -2.30. The minimum absolute atomic E-state index is 0.108. The van der Waals surface area contributed by atoms with Gasteiger partial charge in [0.15, 0.2) is 12.2 Å². The average molecular weight is 1520 g/mol. The van der Waals surface area contributed by atoms with Gasteiger partial charge in [-0.15, -0.1) is 0 Å². The summed E-state index contributed by atoms with van der Waals surface area (Å²) >= 11 is 0. The molecule has 104 heavy (non-hydrogen) atoms. The van der Waals surface area contributed by atoms with E-state index in [0.29, 0.717) is 25.7 Å². The number of aliphatic hydroxyl groups is 1. The number of phosphoric ester groups is 2. The third-order valence-corrected chi connectivity index (χ3v) is 22.0. The molecule has 0 bridgehead atoms. The van der Waals surface area contributed by atoms with Gasteiger partial charge in [0.1, 0.15) is 19.3 Å². The molecule has 3 N–H and O–H groups in total. The van der Waals surface area contributed by atoms with Crippen molar-refractivity contribution in [1.82, 2.24) is 0 Å². The van der Waals surface area contributed by atoms with Gasteiger partial charge in [0.2, 0.25) is 0 Å². The Bertz CT molecular complexity index is 1960. The molecule has 17 nitrogen and oxygen atoms in total. The zero-order valence-corrected chi connectivity index (χ0v) is 69.8. The van der Waals surface area contributed by atoms with E-state index in [1.165, 1.54) is 283 Å². The quantitative estimate of drug-likeness (QED) is 0.0222. The maximum atomic E-state index is 13.1. The number of carbonyl (C=O) groups excluding carboxylic acids is 4. The van der Waals surface area contributed by atoms with Gasteiger partial charge in [0.25, 0.3) is 0 Å². The first-order valence-electron chi connectivity index (χ1n) is 44.3. The summed E-state index contributed by atoms with van der Waals surface area (Å²) in [5.74, 6) is -2.11. The molecule has 0 aliphatic heterocycles. The SMILES string of the molecule is CCCCCCCCCCCCCCCCCCCCCCCCC(=O)O[C@H](COC(=O)CCCCCCCCCCCCCCCCCCCCCC)COP(=O)(O)OC[C@@H](O)COP(=O)(O)OC[C@@H](COC(=O)CCCCCCCCC)OC(=O)CCCCCCCCCCCCCCCCC. The molecule has 5 atom stereocenters. The number of rotatable bonds is 86. The first-order valence-corrected chi connectivity index (χ1v) is 47.3. The van der Waals surface area contributed by atoms with E-state index in [0.717, 1.165) is 103 Å². The molecule has 0 aromatic rings. The highest BCUT2D eigenvalue weighted by Crippen LogP contribution is 2.45. The second-order valence-electron chi connectivity index (χ2n) is 30.6. The smallest absolute Gasteiger partial charge is 0.462 e. The van der Waals surface area contributed by atoms with E-state index in [9.17, 15) is 43.2 Å². The van der Waals surface area contributed by atoms with Crippen molar-refractivity contribution in [3.63, 3.8) is 0 Å². The Morgan fingerprint density at radius 1 is 0.231 bits per heavy atom. The molecule has 0 fully saturated rings. The van der Waals surface area contributed by atoms with Gasteiger partial charge in [-0.3, -0.25) is 37.3 Å². The maximum absolute atomic E-state index is 13.1. The van der Waals surface area contributed by atoms with Crippen LogP contribution in [0.5, 0.6) is 0 Å². The number of ether oxygens (including phenoxy) is 4. The van der Waals surface area contributed by atoms with Crippen LogP contribution in [0.3, 0.4) is 0 Å². The topological polar surface area (TPSA) is 237 Å². The predicted molar refractivity (Wildman–Crippen MR) is 428 cm³/mol. The second kappa shape index (κ2) is 79.2. The molecule has 0 amide bonds. The summed E-state index contributed by atoms with van der Waals surface area (Å²) in [5.41, 5.74) is 0. The van der Waals surface area contributed by atoms with Crippen LogP contribution in [0.2, 0.25) is 0 Å². The molecule has 0 aliphatic carbocycles. The fraction of sp³-hybridized carbons (Fsp3) is 0.953. The standard InChI is InChI=1S/C85H166O17P2/c1-5-9-13-17-21-24-27-30-33-35-37-39-40-42-44-47-50-53-56-60-64-68-72-85(90)102-81(76-96-83(88)70-66-62-58-54-51-48-46-43-41-38-36-34-31-28-25-22-18-14-10-6-2)78-100-104(93,94)98-74-79(86)73-97-103(91,92)99-77-80(75-95-82(87)69-65-61-57-20-16-12-8-4)101-84(89)71-67-63-59-55-52-49-45-32-29-26-23-19-15-11-7-3/h79-81,86H,5-78H2,1-4H3,(H,91,92)(H,93,94)/t79-,80+,81+/m0/s1. The Hall–Kier alpha value is -1.94. The number of phosphoric acid groups is 2. The molecular formula is C85H166O17P2. The lowest BCUT2D eigenvalue weighted by atomic mass is 10.0. The monoisotopic (exact) mass is 1520 g/mol. The highest BCUT2D eigenvalue weighted by Gasteiger charge is 2.30. The fourth-order valence-electron chi connectivity index (χ4n) is 13.3. The van der Waals surface area contributed by atoms with E-state index in [1.54, 1.807) is 0 Å². The third kappa shape index (κ3) is 78.2. The Balaban J connectivity index is 5.15. The first-order chi connectivity index (χ1) is 50.7. The minimum atomic E-state index is -4.96. The number of hydrogen-bond donors (Lipinski definition) is 3. The van der Waals surface area contributed by atoms with Crippen molar-refractivity contribution in [2.24, 2.45) is 0 Å². The summed E-state index contributed by atoms with van der Waals surface area (Å²) in [6.07, 6.45) is 73.9. The molecule has 0 radical (unpaired) electrons. The van der Waals surface area contributed by atoms with E-state index in [4.69, 9.17) is 37.0 Å². The molecule has 2 unspecified atom stereocenters. The summed E-state index contributed by atoms with van der Waals surface area (Å²) in [7, 11) is -9.92. The Morgan fingerprint density at radius 2 is 0.385 bits per heavy atom. The van der Waals surface area contributed by atoms with Crippen molar-refractivity contribution in [3.8, 4) is 0 Å². The van der Waals surface area contributed by atoms with Crippen LogP contribution in [0.1, 0.15) is 464 Å². The Labute approximate surface area is 638 Å². The highest BCUT2D eigenvalue weighted by atomic mass is 31.2. The fourth-order valence-corrected chi connectivity index (χ4v) is 14.9. The number of esters is 4. The summed E-state index contributed by atoms with van der Waals surface area (Å²) < 4.78 is 68.7. The molecular weight excluding hydrogens is 1350 g/mol. The number of carbonyl (C=O) groups is 4. The van der Waals surface area contributed by atoms with Gasteiger partial charge in [-0.25, -0.2) is 9.13 Å². The molecule has 19 heteroatoms. The third-order valence-electron chi connectivity index (χ3n) is 20.1. The van der Waals surface area contributed by atoms with Crippen LogP contribution in [0.4, 0.5) is 0 Å². The van der Waals surface area contributed by atoms with Crippen LogP contribution in [0.25, 0.3) is 0 Å². The van der Waals surface area contributed by atoms with E-state index in [-0.39, 0.29) is 25.7 Å². The molecule has 618 valence electrons. The van der Waals surface area contributed by atoms with Crippen LogP contribution >= 0.6 is 15.6 Å². The van der Waals surface area contributed by atoms with Gasteiger partial charge in [0, 0.05) is 25.7 Å². The van der Waals surface area contributed by atoms with Gasteiger partial charge in [-0.2, -0.15) is 0 Å². The molecule has 0 heterocycles. The van der Waals surface area contributed by atoms with Gasteiger partial charge in [-0.1, -0.05) is 413 Å². The first kappa shape index (κ1) is 102. The van der Waals surface area contributed by atoms with Gasteiger partial charge >= 0.3 is 39.5 Å².